The number of benzene rings is 3. The molecule has 1 heterocycles. The highest BCUT2D eigenvalue weighted by molar-refractivity contribution is 5.93. The van der Waals surface area contributed by atoms with Gasteiger partial charge in [-0.25, -0.2) is 9.59 Å². The third-order valence-corrected chi connectivity index (χ3v) is 6.24. The van der Waals surface area contributed by atoms with Crippen molar-refractivity contribution in [1.82, 2.24) is 10.2 Å². The molecular weight excluding hydrogens is 470 g/mol. The normalized spacial score (nSPS) is 14.1. The van der Waals surface area contributed by atoms with Gasteiger partial charge in [-0.3, -0.25) is 9.69 Å². The summed E-state index contributed by atoms with van der Waals surface area (Å²) < 4.78 is 5.15. The van der Waals surface area contributed by atoms with Gasteiger partial charge >= 0.3 is 12.1 Å². The molecule has 0 radical (unpaired) electrons. The minimum Gasteiger partial charge on any atom is -0.480 e. The van der Waals surface area contributed by atoms with Crippen molar-refractivity contribution in [3.05, 3.63) is 90.0 Å². The van der Waals surface area contributed by atoms with E-state index in [4.69, 9.17) is 4.74 Å². The van der Waals surface area contributed by atoms with Crippen LogP contribution in [0.1, 0.15) is 24.0 Å². The van der Waals surface area contributed by atoms with Crippen LogP contribution >= 0.6 is 0 Å². The van der Waals surface area contributed by atoms with Crippen molar-refractivity contribution in [1.29, 1.82) is 0 Å². The molecular formula is C29H31N3O5. The lowest BCUT2D eigenvalue weighted by Gasteiger charge is -2.15. The van der Waals surface area contributed by atoms with E-state index in [1.165, 1.54) is 0 Å². The number of amides is 2. The van der Waals surface area contributed by atoms with Crippen molar-refractivity contribution < 1.29 is 24.2 Å². The number of nitrogens with one attached hydrogen (secondary N) is 2. The first-order valence-electron chi connectivity index (χ1n) is 12.4. The average Bonchev–Trinajstić information content (AvgIpc) is 3.41. The predicted molar refractivity (Wildman–Crippen MR) is 141 cm³/mol. The molecule has 1 atom stereocenters. The number of nitrogens with zero attached hydrogens (tertiary/aromatic N) is 1. The second-order valence-corrected chi connectivity index (χ2v) is 9.11. The van der Waals surface area contributed by atoms with Crippen molar-refractivity contribution in [3.8, 4) is 11.1 Å². The molecule has 1 aliphatic heterocycles. The highest BCUT2D eigenvalue weighted by Crippen LogP contribution is 2.23. The van der Waals surface area contributed by atoms with Crippen LogP contribution in [-0.2, 0) is 27.4 Å². The molecule has 3 aromatic rings. The Balaban J connectivity index is 1.32. The molecule has 0 spiro atoms. The van der Waals surface area contributed by atoms with Crippen molar-refractivity contribution in [2.75, 3.05) is 25.0 Å². The van der Waals surface area contributed by atoms with Gasteiger partial charge in [0.2, 0.25) is 5.91 Å². The van der Waals surface area contributed by atoms with E-state index in [1.54, 1.807) is 0 Å². The Labute approximate surface area is 216 Å². The van der Waals surface area contributed by atoms with Crippen LogP contribution in [0.15, 0.2) is 78.9 Å². The van der Waals surface area contributed by atoms with Gasteiger partial charge in [0.1, 0.15) is 12.6 Å². The first kappa shape index (κ1) is 25.9. The fourth-order valence-corrected chi connectivity index (χ4v) is 4.30. The predicted octanol–water partition coefficient (Wildman–Crippen LogP) is 4.31. The average molecular weight is 502 g/mol. The van der Waals surface area contributed by atoms with E-state index < -0.39 is 18.1 Å². The number of rotatable bonds is 10. The van der Waals surface area contributed by atoms with E-state index in [0.717, 1.165) is 53.9 Å². The summed E-state index contributed by atoms with van der Waals surface area (Å²) in [7, 11) is 0. The third-order valence-electron chi connectivity index (χ3n) is 6.24. The molecule has 0 saturated carbocycles. The molecule has 8 nitrogen and oxygen atoms in total. The molecule has 2 amide bonds. The van der Waals surface area contributed by atoms with Gasteiger partial charge in [-0.15, -0.1) is 0 Å². The molecule has 0 unspecified atom stereocenters. The van der Waals surface area contributed by atoms with Crippen LogP contribution in [0.3, 0.4) is 0 Å². The van der Waals surface area contributed by atoms with Crippen LogP contribution in [0.25, 0.3) is 11.1 Å². The lowest BCUT2D eigenvalue weighted by Crippen LogP contribution is -2.42. The number of carbonyl (C=O) groups excluding carboxylic acids is 2. The first-order chi connectivity index (χ1) is 18.0. The topological polar surface area (TPSA) is 108 Å². The van der Waals surface area contributed by atoms with E-state index in [1.807, 2.05) is 78.9 Å². The fourth-order valence-electron chi connectivity index (χ4n) is 4.30. The summed E-state index contributed by atoms with van der Waals surface area (Å²) in [6.07, 6.45) is 1.61. The molecule has 3 N–H and O–H groups in total. The fraction of sp³-hybridized carbons (Fsp3) is 0.276. The summed E-state index contributed by atoms with van der Waals surface area (Å²) in [6.45, 7) is 2.39. The number of alkyl carbamates (subject to hydrolysis) is 1. The van der Waals surface area contributed by atoms with Gasteiger partial charge in [-0.2, -0.15) is 0 Å². The molecule has 1 saturated heterocycles. The third kappa shape index (κ3) is 7.91. The Kier molecular flexibility index (Phi) is 8.89. The molecule has 1 fully saturated rings. The Morgan fingerprint density at radius 3 is 2.30 bits per heavy atom. The lowest BCUT2D eigenvalue weighted by molar-refractivity contribution is -0.139. The van der Waals surface area contributed by atoms with Crippen LogP contribution in [0.5, 0.6) is 0 Å². The summed E-state index contributed by atoms with van der Waals surface area (Å²) in [5.74, 6) is -1.16. The Morgan fingerprint density at radius 1 is 0.865 bits per heavy atom. The first-order valence-corrected chi connectivity index (χ1v) is 12.4. The molecule has 3 aromatic carbocycles. The number of carboxylic acids is 1. The molecule has 0 bridgehead atoms. The Hall–Kier alpha value is -4.17. The monoisotopic (exact) mass is 501 g/mol. The quantitative estimate of drug-likeness (QED) is 0.382. The molecule has 0 aromatic heterocycles. The van der Waals surface area contributed by atoms with E-state index in [-0.39, 0.29) is 18.9 Å². The van der Waals surface area contributed by atoms with E-state index >= 15 is 0 Å². The maximum Gasteiger partial charge on any atom is 0.408 e. The number of aliphatic carboxylic acids is 1. The van der Waals surface area contributed by atoms with E-state index in [9.17, 15) is 19.5 Å². The van der Waals surface area contributed by atoms with Gasteiger partial charge in [0.25, 0.3) is 0 Å². The number of anilines is 1. The summed E-state index contributed by atoms with van der Waals surface area (Å²) in [4.78, 5) is 38.4. The number of carboxylic acid groups (broad SMARTS) is 1. The van der Waals surface area contributed by atoms with Crippen LogP contribution in [0, 0.1) is 0 Å². The summed E-state index contributed by atoms with van der Waals surface area (Å²) in [6, 6.07) is 23.1. The summed E-state index contributed by atoms with van der Waals surface area (Å²) >= 11 is 0. The Bertz CT molecular complexity index is 1210. The number of likely N-dealkylation sites (tertiary alicyclic amines) is 1. The van der Waals surface area contributed by atoms with Crippen molar-refractivity contribution in [3.63, 3.8) is 0 Å². The zero-order chi connectivity index (χ0) is 26.0. The second kappa shape index (κ2) is 12.7. The van der Waals surface area contributed by atoms with Crippen LogP contribution < -0.4 is 10.6 Å². The van der Waals surface area contributed by atoms with Gasteiger partial charge in [-0.1, -0.05) is 66.7 Å². The Morgan fingerprint density at radius 2 is 1.59 bits per heavy atom. The van der Waals surface area contributed by atoms with Gasteiger partial charge < -0.3 is 20.5 Å². The van der Waals surface area contributed by atoms with Gasteiger partial charge in [0.05, 0.1) is 6.54 Å². The second-order valence-electron chi connectivity index (χ2n) is 9.11. The SMILES string of the molecule is O=C(CN1CCCC1)Nc1cccc(-c2ccc(C[C@@H](NC(=O)OCc3ccccc3)C(=O)O)cc2)c1. The van der Waals surface area contributed by atoms with Gasteiger partial charge in [0, 0.05) is 12.1 Å². The zero-order valence-corrected chi connectivity index (χ0v) is 20.6. The zero-order valence-electron chi connectivity index (χ0n) is 20.6. The number of ether oxygens (including phenoxy) is 1. The molecule has 192 valence electrons. The molecule has 37 heavy (non-hydrogen) atoms. The van der Waals surface area contributed by atoms with Gasteiger partial charge in [-0.05, 0) is 60.3 Å². The highest BCUT2D eigenvalue weighted by atomic mass is 16.5. The summed E-state index contributed by atoms with van der Waals surface area (Å²) in [5, 5.41) is 15.0. The minimum atomic E-state index is -1.14. The number of hydrogen-bond acceptors (Lipinski definition) is 5. The largest absolute Gasteiger partial charge is 0.480 e. The lowest BCUT2D eigenvalue weighted by atomic mass is 10.0. The van der Waals surface area contributed by atoms with Crippen LogP contribution in [0.2, 0.25) is 0 Å². The van der Waals surface area contributed by atoms with E-state index in [2.05, 4.69) is 15.5 Å². The smallest absolute Gasteiger partial charge is 0.408 e. The van der Waals surface area contributed by atoms with E-state index in [0.29, 0.717) is 6.54 Å². The molecule has 1 aliphatic rings. The maximum absolute atomic E-state index is 12.4. The van der Waals surface area contributed by atoms with Gasteiger partial charge in [0.15, 0.2) is 0 Å². The van der Waals surface area contributed by atoms with Crippen molar-refractivity contribution in [2.45, 2.75) is 31.9 Å². The molecule has 8 heteroatoms. The summed E-state index contributed by atoms with van der Waals surface area (Å²) in [5.41, 5.74) is 4.17. The molecule has 4 rings (SSSR count). The van der Waals surface area contributed by atoms with Crippen molar-refractivity contribution >= 4 is 23.7 Å². The number of hydrogen-bond donors (Lipinski definition) is 3. The van der Waals surface area contributed by atoms with Crippen molar-refractivity contribution in [2.24, 2.45) is 0 Å². The van der Waals surface area contributed by atoms with Crippen LogP contribution in [-0.4, -0.2) is 53.7 Å². The van der Waals surface area contributed by atoms with Crippen LogP contribution in [0.4, 0.5) is 10.5 Å². The highest BCUT2D eigenvalue weighted by Gasteiger charge is 2.21. The molecule has 0 aliphatic carbocycles. The number of carbonyl (C=O) groups is 3. The standard InChI is InChI=1S/C29H31N3O5/c33-27(19-32-15-4-5-16-32)30-25-10-6-9-24(18-25)23-13-11-21(12-14-23)17-26(28(34)35)31-29(36)37-20-22-7-2-1-3-8-22/h1-3,6-14,18,26H,4-5,15-17,19-20H2,(H,30,33)(H,31,36)(H,34,35)/t26-/m1/s1. The minimum absolute atomic E-state index is 0.0242. The maximum atomic E-state index is 12.4.